The van der Waals surface area contributed by atoms with Gasteiger partial charge in [0.15, 0.2) is 17.6 Å². The molecule has 0 aromatic heterocycles. The normalized spacial score (nSPS) is 11.6. The number of carbonyl (C=O) groups excluding carboxylic acids is 2. The number of carbonyl (C=O) groups is 2. The minimum absolute atomic E-state index is 0.255. The topological polar surface area (TPSA) is 73.9 Å². The average Bonchev–Trinajstić information content (AvgIpc) is 2.68. The van der Waals surface area contributed by atoms with Crippen molar-refractivity contribution >= 4 is 17.6 Å². The van der Waals surface area contributed by atoms with Crippen LogP contribution in [0.25, 0.3) is 0 Å². The minimum atomic E-state index is -0.953. The van der Waals surface area contributed by atoms with Gasteiger partial charge in [-0.15, -0.1) is 0 Å². The molecule has 0 radical (unpaired) electrons. The van der Waals surface area contributed by atoms with Crippen molar-refractivity contribution in [1.29, 1.82) is 0 Å². The molecule has 0 fully saturated rings. The zero-order valence-electron chi connectivity index (χ0n) is 16.9. The average molecular weight is 385 g/mol. The fourth-order valence-electron chi connectivity index (χ4n) is 2.70. The molecule has 0 bridgehead atoms. The van der Waals surface area contributed by atoms with Crippen molar-refractivity contribution in [3.63, 3.8) is 0 Å². The summed E-state index contributed by atoms with van der Waals surface area (Å²) in [5.41, 5.74) is 2.02. The number of anilines is 1. The number of esters is 1. The molecule has 0 aliphatic heterocycles. The van der Waals surface area contributed by atoms with Crippen LogP contribution in [0, 0.1) is 0 Å². The van der Waals surface area contributed by atoms with Crippen molar-refractivity contribution in [2.75, 3.05) is 19.0 Å². The van der Waals surface area contributed by atoms with Crippen LogP contribution in [0.4, 0.5) is 5.69 Å². The Bertz CT molecular complexity index is 831. The SMILES string of the molecule is CCOc1ccc(C(=O)O[C@@H](C)C(=O)Nc2ccccc2C(C)C)cc1OC. The Morgan fingerprint density at radius 2 is 1.75 bits per heavy atom. The van der Waals surface area contributed by atoms with Crippen LogP contribution in [-0.4, -0.2) is 31.7 Å². The van der Waals surface area contributed by atoms with Gasteiger partial charge in [-0.05, 0) is 49.6 Å². The van der Waals surface area contributed by atoms with Crippen LogP contribution >= 0.6 is 0 Å². The molecule has 1 amide bonds. The molecule has 2 aromatic rings. The van der Waals surface area contributed by atoms with Gasteiger partial charge in [-0.1, -0.05) is 32.0 Å². The third-order valence-corrected chi connectivity index (χ3v) is 4.19. The number of benzene rings is 2. The van der Waals surface area contributed by atoms with Crippen molar-refractivity contribution in [2.45, 2.75) is 39.7 Å². The number of ether oxygens (including phenoxy) is 3. The van der Waals surface area contributed by atoms with Crippen LogP contribution < -0.4 is 14.8 Å². The highest BCUT2D eigenvalue weighted by atomic mass is 16.5. The molecule has 150 valence electrons. The zero-order chi connectivity index (χ0) is 20.7. The lowest BCUT2D eigenvalue weighted by Gasteiger charge is -2.17. The molecular weight excluding hydrogens is 358 g/mol. The molecule has 0 saturated carbocycles. The van der Waals surface area contributed by atoms with Crippen molar-refractivity contribution in [3.05, 3.63) is 53.6 Å². The standard InChI is InChI=1S/C22H27NO5/c1-6-27-19-12-11-16(13-20(19)26-5)22(25)28-15(4)21(24)23-18-10-8-7-9-17(18)14(2)3/h7-15H,6H2,1-5H3,(H,23,24)/t15-/m0/s1. The third-order valence-electron chi connectivity index (χ3n) is 4.19. The second-order valence-electron chi connectivity index (χ2n) is 6.58. The Hall–Kier alpha value is -3.02. The first-order valence-corrected chi connectivity index (χ1v) is 9.29. The van der Waals surface area contributed by atoms with E-state index in [1.165, 1.54) is 20.1 Å². The van der Waals surface area contributed by atoms with E-state index in [2.05, 4.69) is 5.32 Å². The van der Waals surface area contributed by atoms with Crippen LogP contribution in [0.5, 0.6) is 11.5 Å². The van der Waals surface area contributed by atoms with Crippen molar-refractivity contribution in [3.8, 4) is 11.5 Å². The van der Waals surface area contributed by atoms with E-state index in [1.807, 2.05) is 45.0 Å². The fourth-order valence-corrected chi connectivity index (χ4v) is 2.70. The van der Waals surface area contributed by atoms with Gasteiger partial charge in [0.2, 0.25) is 0 Å². The third kappa shape index (κ3) is 5.25. The predicted octanol–water partition coefficient (Wildman–Crippen LogP) is 4.40. The molecule has 0 unspecified atom stereocenters. The summed E-state index contributed by atoms with van der Waals surface area (Å²) in [6.07, 6.45) is -0.953. The second-order valence-corrected chi connectivity index (χ2v) is 6.58. The molecule has 1 atom stereocenters. The summed E-state index contributed by atoms with van der Waals surface area (Å²) in [5.74, 6) is 0.225. The van der Waals surface area contributed by atoms with E-state index in [0.29, 0.717) is 23.8 Å². The van der Waals surface area contributed by atoms with Crippen LogP contribution in [0.1, 0.15) is 49.5 Å². The molecule has 0 aliphatic carbocycles. The van der Waals surface area contributed by atoms with Crippen LogP contribution in [0.2, 0.25) is 0 Å². The molecule has 6 heteroatoms. The minimum Gasteiger partial charge on any atom is -0.493 e. The monoisotopic (exact) mass is 385 g/mol. The van der Waals surface area contributed by atoms with Gasteiger partial charge >= 0.3 is 5.97 Å². The molecule has 0 spiro atoms. The molecular formula is C22H27NO5. The molecule has 1 N–H and O–H groups in total. The van der Waals surface area contributed by atoms with E-state index in [9.17, 15) is 9.59 Å². The highest BCUT2D eigenvalue weighted by Crippen LogP contribution is 2.28. The largest absolute Gasteiger partial charge is 0.493 e. The quantitative estimate of drug-likeness (QED) is 0.682. The molecule has 2 rings (SSSR count). The maximum absolute atomic E-state index is 12.5. The van der Waals surface area contributed by atoms with E-state index in [-0.39, 0.29) is 17.4 Å². The number of methoxy groups -OCH3 is 1. The van der Waals surface area contributed by atoms with Gasteiger partial charge in [-0.25, -0.2) is 4.79 Å². The first kappa shape index (κ1) is 21.3. The Kier molecular flexibility index (Phi) is 7.44. The van der Waals surface area contributed by atoms with E-state index < -0.39 is 12.1 Å². The van der Waals surface area contributed by atoms with Gasteiger partial charge in [0.25, 0.3) is 5.91 Å². The van der Waals surface area contributed by atoms with Gasteiger partial charge in [0.05, 0.1) is 19.3 Å². The van der Waals surface area contributed by atoms with Gasteiger partial charge in [0.1, 0.15) is 0 Å². The Balaban J connectivity index is 2.07. The lowest BCUT2D eigenvalue weighted by Crippen LogP contribution is -2.30. The number of para-hydroxylation sites is 1. The molecule has 2 aromatic carbocycles. The number of hydrogen-bond donors (Lipinski definition) is 1. The summed E-state index contributed by atoms with van der Waals surface area (Å²) >= 11 is 0. The summed E-state index contributed by atoms with van der Waals surface area (Å²) in [6, 6.07) is 12.3. The number of amides is 1. The highest BCUT2D eigenvalue weighted by molar-refractivity contribution is 5.98. The highest BCUT2D eigenvalue weighted by Gasteiger charge is 2.21. The molecule has 28 heavy (non-hydrogen) atoms. The van der Waals surface area contributed by atoms with E-state index in [1.54, 1.807) is 12.1 Å². The summed E-state index contributed by atoms with van der Waals surface area (Å²) < 4.78 is 16.0. The fraction of sp³-hybridized carbons (Fsp3) is 0.364. The van der Waals surface area contributed by atoms with Gasteiger partial charge in [-0.2, -0.15) is 0 Å². The van der Waals surface area contributed by atoms with E-state index in [4.69, 9.17) is 14.2 Å². The van der Waals surface area contributed by atoms with Gasteiger partial charge in [0, 0.05) is 5.69 Å². The first-order valence-electron chi connectivity index (χ1n) is 9.29. The van der Waals surface area contributed by atoms with Crippen molar-refractivity contribution < 1.29 is 23.8 Å². The Labute approximate surface area is 165 Å². The maximum Gasteiger partial charge on any atom is 0.339 e. The first-order chi connectivity index (χ1) is 13.4. The summed E-state index contributed by atoms with van der Waals surface area (Å²) in [4.78, 5) is 24.9. The lowest BCUT2D eigenvalue weighted by atomic mass is 10.0. The van der Waals surface area contributed by atoms with Crippen LogP contribution in [-0.2, 0) is 9.53 Å². The number of hydrogen-bond acceptors (Lipinski definition) is 5. The van der Waals surface area contributed by atoms with Gasteiger partial charge < -0.3 is 19.5 Å². The molecule has 0 aliphatic rings. The second kappa shape index (κ2) is 9.78. The summed E-state index contributed by atoms with van der Waals surface area (Å²) in [6.45, 7) is 7.98. The molecule has 0 heterocycles. The van der Waals surface area contributed by atoms with Crippen LogP contribution in [0.15, 0.2) is 42.5 Å². The van der Waals surface area contributed by atoms with Crippen molar-refractivity contribution in [2.24, 2.45) is 0 Å². The number of rotatable bonds is 8. The number of nitrogens with one attached hydrogen (secondary N) is 1. The summed E-state index contributed by atoms with van der Waals surface area (Å²) in [5, 5.41) is 2.84. The summed E-state index contributed by atoms with van der Waals surface area (Å²) in [7, 11) is 1.50. The molecule has 6 nitrogen and oxygen atoms in total. The van der Waals surface area contributed by atoms with Gasteiger partial charge in [-0.3, -0.25) is 4.79 Å². The van der Waals surface area contributed by atoms with Crippen LogP contribution in [0.3, 0.4) is 0 Å². The molecule has 0 saturated heterocycles. The smallest absolute Gasteiger partial charge is 0.339 e. The predicted molar refractivity (Wildman–Crippen MR) is 108 cm³/mol. The van der Waals surface area contributed by atoms with E-state index >= 15 is 0 Å². The van der Waals surface area contributed by atoms with Crippen molar-refractivity contribution in [1.82, 2.24) is 0 Å². The maximum atomic E-state index is 12.5. The zero-order valence-corrected chi connectivity index (χ0v) is 16.9. The Morgan fingerprint density at radius 1 is 1.04 bits per heavy atom. The van der Waals surface area contributed by atoms with E-state index in [0.717, 1.165) is 5.56 Å². The Morgan fingerprint density at radius 3 is 2.39 bits per heavy atom. The lowest BCUT2D eigenvalue weighted by molar-refractivity contribution is -0.123.